The van der Waals surface area contributed by atoms with Gasteiger partial charge in [0.25, 0.3) is 0 Å². The summed E-state index contributed by atoms with van der Waals surface area (Å²) in [6, 6.07) is 0.783. The Kier molecular flexibility index (Phi) is 5.07. The zero-order valence-corrected chi connectivity index (χ0v) is 11.0. The molecule has 2 nitrogen and oxygen atoms in total. The number of nitrogens with one attached hydrogen (secondary N) is 1. The summed E-state index contributed by atoms with van der Waals surface area (Å²) >= 11 is 0. The molecule has 1 atom stereocenters. The second-order valence-corrected chi connectivity index (χ2v) is 6.05. The minimum Gasteiger partial charge on any atom is -0.318 e. The first-order valence-corrected chi connectivity index (χ1v) is 6.41. The van der Waals surface area contributed by atoms with E-state index in [2.05, 4.69) is 38.0 Å². The largest absolute Gasteiger partial charge is 0.318 e. The lowest BCUT2D eigenvalue weighted by atomic mass is 9.91. The monoisotopic (exact) mass is 212 g/mol. The fraction of sp³-hybridized carbons (Fsp3) is 1.00. The third-order valence-corrected chi connectivity index (χ3v) is 3.34. The number of likely N-dealkylation sites (tertiary alicyclic amines) is 1. The SMILES string of the molecule is CNCC1CCCCN1CCC(C)(C)C. The summed E-state index contributed by atoms with van der Waals surface area (Å²) in [6.07, 6.45) is 5.50. The van der Waals surface area contributed by atoms with E-state index in [0.717, 1.165) is 12.6 Å². The second kappa shape index (κ2) is 5.86. The van der Waals surface area contributed by atoms with Crippen molar-refractivity contribution in [3.05, 3.63) is 0 Å². The highest BCUT2D eigenvalue weighted by Crippen LogP contribution is 2.22. The molecular formula is C13H28N2. The summed E-state index contributed by atoms with van der Waals surface area (Å²) in [7, 11) is 2.07. The molecule has 0 aliphatic carbocycles. The van der Waals surface area contributed by atoms with Crippen LogP contribution in [0.4, 0.5) is 0 Å². The highest BCUT2D eigenvalue weighted by molar-refractivity contribution is 4.79. The van der Waals surface area contributed by atoms with Crippen LogP contribution in [0.3, 0.4) is 0 Å². The number of nitrogens with zero attached hydrogens (tertiary/aromatic N) is 1. The molecule has 0 saturated carbocycles. The van der Waals surface area contributed by atoms with Crippen molar-refractivity contribution in [3.8, 4) is 0 Å². The summed E-state index contributed by atoms with van der Waals surface area (Å²) in [5.41, 5.74) is 0.474. The van der Waals surface area contributed by atoms with Crippen molar-refractivity contribution >= 4 is 0 Å². The van der Waals surface area contributed by atoms with Crippen LogP contribution in [0.2, 0.25) is 0 Å². The van der Waals surface area contributed by atoms with Crippen LogP contribution in [-0.4, -0.2) is 37.6 Å². The molecule has 1 aliphatic heterocycles. The van der Waals surface area contributed by atoms with Crippen molar-refractivity contribution in [2.75, 3.05) is 26.7 Å². The molecule has 15 heavy (non-hydrogen) atoms. The van der Waals surface area contributed by atoms with Crippen molar-refractivity contribution in [3.63, 3.8) is 0 Å². The molecule has 0 bridgehead atoms. The molecular weight excluding hydrogens is 184 g/mol. The van der Waals surface area contributed by atoms with Crippen LogP contribution in [0.1, 0.15) is 46.5 Å². The van der Waals surface area contributed by atoms with Gasteiger partial charge in [0.2, 0.25) is 0 Å². The van der Waals surface area contributed by atoms with Crippen molar-refractivity contribution in [2.24, 2.45) is 5.41 Å². The van der Waals surface area contributed by atoms with Gasteiger partial charge in [-0.15, -0.1) is 0 Å². The number of piperidine rings is 1. The summed E-state index contributed by atoms with van der Waals surface area (Å²) in [6.45, 7) is 10.8. The Morgan fingerprint density at radius 2 is 2.00 bits per heavy atom. The van der Waals surface area contributed by atoms with Crippen molar-refractivity contribution < 1.29 is 0 Å². The minimum absolute atomic E-state index is 0.474. The molecule has 1 heterocycles. The predicted molar refractivity (Wildman–Crippen MR) is 67.2 cm³/mol. The average Bonchev–Trinajstić information content (AvgIpc) is 2.16. The lowest BCUT2D eigenvalue weighted by Gasteiger charge is -2.37. The van der Waals surface area contributed by atoms with E-state index in [1.165, 1.54) is 38.8 Å². The molecule has 90 valence electrons. The van der Waals surface area contributed by atoms with Gasteiger partial charge < -0.3 is 5.32 Å². The normalized spacial score (nSPS) is 24.4. The van der Waals surface area contributed by atoms with E-state index >= 15 is 0 Å². The number of hydrogen-bond donors (Lipinski definition) is 1. The maximum Gasteiger partial charge on any atom is 0.0220 e. The first kappa shape index (κ1) is 13.0. The topological polar surface area (TPSA) is 15.3 Å². The smallest absolute Gasteiger partial charge is 0.0220 e. The van der Waals surface area contributed by atoms with Crippen LogP contribution < -0.4 is 5.32 Å². The van der Waals surface area contributed by atoms with Gasteiger partial charge in [-0.2, -0.15) is 0 Å². The molecule has 0 radical (unpaired) electrons. The molecule has 0 aromatic carbocycles. The maximum atomic E-state index is 3.32. The Labute approximate surface area is 95.4 Å². The average molecular weight is 212 g/mol. The van der Waals surface area contributed by atoms with E-state index in [1.54, 1.807) is 0 Å². The van der Waals surface area contributed by atoms with E-state index in [0.29, 0.717) is 5.41 Å². The standard InChI is InChI=1S/C13H28N2/c1-13(2,3)8-10-15-9-6-5-7-12(15)11-14-4/h12,14H,5-11H2,1-4H3. The molecule has 2 heteroatoms. The Bertz CT molecular complexity index is 170. The Hall–Kier alpha value is -0.0800. The minimum atomic E-state index is 0.474. The van der Waals surface area contributed by atoms with E-state index in [-0.39, 0.29) is 0 Å². The third kappa shape index (κ3) is 4.98. The predicted octanol–water partition coefficient (Wildman–Crippen LogP) is 2.50. The lowest BCUT2D eigenvalue weighted by Crippen LogP contribution is -2.45. The summed E-state index contributed by atoms with van der Waals surface area (Å²) in [4.78, 5) is 2.69. The van der Waals surface area contributed by atoms with E-state index in [4.69, 9.17) is 0 Å². The molecule has 1 rings (SSSR count). The summed E-state index contributed by atoms with van der Waals surface area (Å²) < 4.78 is 0. The highest BCUT2D eigenvalue weighted by atomic mass is 15.2. The Morgan fingerprint density at radius 1 is 1.27 bits per heavy atom. The van der Waals surface area contributed by atoms with Gasteiger partial charge in [-0.05, 0) is 44.8 Å². The zero-order valence-electron chi connectivity index (χ0n) is 11.0. The molecule has 1 N–H and O–H groups in total. The third-order valence-electron chi connectivity index (χ3n) is 3.34. The van der Waals surface area contributed by atoms with E-state index in [1.807, 2.05) is 0 Å². The molecule has 1 fully saturated rings. The summed E-state index contributed by atoms with van der Waals surface area (Å²) in [5.74, 6) is 0. The molecule has 0 spiro atoms. The maximum absolute atomic E-state index is 3.32. The van der Waals surface area contributed by atoms with Gasteiger partial charge in [0.15, 0.2) is 0 Å². The lowest BCUT2D eigenvalue weighted by molar-refractivity contribution is 0.129. The van der Waals surface area contributed by atoms with Gasteiger partial charge >= 0.3 is 0 Å². The molecule has 0 aromatic heterocycles. The Morgan fingerprint density at radius 3 is 2.60 bits per heavy atom. The number of likely N-dealkylation sites (N-methyl/N-ethyl adjacent to an activating group) is 1. The van der Waals surface area contributed by atoms with Crippen molar-refractivity contribution in [2.45, 2.75) is 52.5 Å². The fourth-order valence-corrected chi connectivity index (χ4v) is 2.30. The van der Waals surface area contributed by atoms with Crippen molar-refractivity contribution in [1.29, 1.82) is 0 Å². The number of hydrogen-bond acceptors (Lipinski definition) is 2. The Balaban J connectivity index is 2.35. The zero-order chi connectivity index (χ0) is 11.3. The van der Waals surface area contributed by atoms with Crippen LogP contribution >= 0.6 is 0 Å². The van der Waals surface area contributed by atoms with Crippen LogP contribution in [0.5, 0.6) is 0 Å². The van der Waals surface area contributed by atoms with Gasteiger partial charge in [-0.3, -0.25) is 4.90 Å². The molecule has 1 saturated heterocycles. The van der Waals surface area contributed by atoms with Crippen LogP contribution in [-0.2, 0) is 0 Å². The highest BCUT2D eigenvalue weighted by Gasteiger charge is 2.22. The summed E-state index contributed by atoms with van der Waals surface area (Å²) in [5, 5.41) is 3.32. The first-order valence-electron chi connectivity index (χ1n) is 6.41. The number of rotatable bonds is 4. The van der Waals surface area contributed by atoms with Crippen LogP contribution in [0.25, 0.3) is 0 Å². The van der Waals surface area contributed by atoms with Gasteiger partial charge in [0.1, 0.15) is 0 Å². The van der Waals surface area contributed by atoms with Gasteiger partial charge in [0.05, 0.1) is 0 Å². The fourth-order valence-electron chi connectivity index (χ4n) is 2.30. The van der Waals surface area contributed by atoms with E-state index in [9.17, 15) is 0 Å². The van der Waals surface area contributed by atoms with Crippen molar-refractivity contribution in [1.82, 2.24) is 10.2 Å². The van der Waals surface area contributed by atoms with Crippen LogP contribution in [0.15, 0.2) is 0 Å². The molecule has 0 amide bonds. The van der Waals surface area contributed by atoms with Gasteiger partial charge in [-0.1, -0.05) is 27.2 Å². The van der Waals surface area contributed by atoms with Crippen LogP contribution in [0, 0.1) is 5.41 Å². The van der Waals surface area contributed by atoms with Gasteiger partial charge in [0, 0.05) is 12.6 Å². The van der Waals surface area contributed by atoms with Gasteiger partial charge in [-0.25, -0.2) is 0 Å². The quantitative estimate of drug-likeness (QED) is 0.770. The second-order valence-electron chi connectivity index (χ2n) is 6.05. The first-order chi connectivity index (χ1) is 7.03. The molecule has 0 aromatic rings. The molecule has 1 unspecified atom stereocenters. The van der Waals surface area contributed by atoms with E-state index < -0.39 is 0 Å². The molecule has 1 aliphatic rings.